The highest BCUT2D eigenvalue weighted by Gasteiger charge is 2.13. The van der Waals surface area contributed by atoms with Gasteiger partial charge in [-0.05, 0) is 51.3 Å². The van der Waals surface area contributed by atoms with E-state index in [4.69, 9.17) is 0 Å². The first-order valence-corrected chi connectivity index (χ1v) is 6.45. The Morgan fingerprint density at radius 1 is 0.944 bits per heavy atom. The predicted molar refractivity (Wildman–Crippen MR) is 78.6 cm³/mol. The molecule has 0 radical (unpaired) electrons. The maximum absolute atomic E-state index is 2.33. The molecular formula is C18H14. The average Bonchev–Trinajstić information content (AvgIpc) is 2.81. The molecule has 0 heterocycles. The SMILES string of the molecule is CC1=Cc2c3c(c4ccccc4c2=C1)=CC=CC3. The minimum atomic E-state index is 1.05. The van der Waals surface area contributed by atoms with E-state index in [9.17, 15) is 0 Å². The van der Waals surface area contributed by atoms with Crippen LogP contribution in [0.4, 0.5) is 0 Å². The summed E-state index contributed by atoms with van der Waals surface area (Å²) in [6.45, 7) is 2.18. The maximum atomic E-state index is 2.33. The molecule has 0 aliphatic heterocycles. The van der Waals surface area contributed by atoms with Gasteiger partial charge < -0.3 is 0 Å². The summed E-state index contributed by atoms with van der Waals surface area (Å²) in [5.41, 5.74) is 4.28. The fourth-order valence-corrected chi connectivity index (χ4v) is 3.15. The van der Waals surface area contributed by atoms with Crippen LogP contribution in [0.5, 0.6) is 0 Å². The van der Waals surface area contributed by atoms with Crippen molar-refractivity contribution in [1.29, 1.82) is 0 Å². The largest absolute Gasteiger partial charge is 0.0801 e. The lowest BCUT2D eigenvalue weighted by molar-refractivity contribution is 1.22. The predicted octanol–water partition coefficient (Wildman–Crippen LogP) is 2.93. The van der Waals surface area contributed by atoms with Crippen molar-refractivity contribution < 1.29 is 0 Å². The lowest BCUT2D eigenvalue weighted by Gasteiger charge is -2.12. The van der Waals surface area contributed by atoms with Gasteiger partial charge in [0.2, 0.25) is 0 Å². The van der Waals surface area contributed by atoms with Gasteiger partial charge >= 0.3 is 0 Å². The molecule has 0 spiro atoms. The van der Waals surface area contributed by atoms with Crippen molar-refractivity contribution >= 4 is 29.0 Å². The van der Waals surface area contributed by atoms with Gasteiger partial charge in [0.15, 0.2) is 0 Å². The Labute approximate surface area is 106 Å². The van der Waals surface area contributed by atoms with E-state index in [1.54, 1.807) is 0 Å². The Bertz CT molecular complexity index is 846. The summed E-state index contributed by atoms with van der Waals surface area (Å²) >= 11 is 0. The number of rotatable bonds is 0. The molecule has 0 atom stereocenters. The summed E-state index contributed by atoms with van der Waals surface area (Å²) in [6.07, 6.45) is 12.4. The van der Waals surface area contributed by atoms with Crippen LogP contribution in [0.15, 0.2) is 42.0 Å². The van der Waals surface area contributed by atoms with Crippen LogP contribution in [0.1, 0.15) is 18.1 Å². The molecule has 0 saturated carbocycles. The molecule has 2 aromatic rings. The monoisotopic (exact) mass is 230 g/mol. The zero-order chi connectivity index (χ0) is 12.1. The van der Waals surface area contributed by atoms with Crippen LogP contribution < -0.4 is 10.4 Å². The molecule has 2 aromatic carbocycles. The molecule has 0 unspecified atom stereocenters. The molecule has 18 heavy (non-hydrogen) atoms. The van der Waals surface area contributed by atoms with Crippen LogP contribution in [-0.4, -0.2) is 0 Å². The summed E-state index contributed by atoms with van der Waals surface area (Å²) in [5, 5.41) is 5.58. The topological polar surface area (TPSA) is 0 Å². The Morgan fingerprint density at radius 3 is 2.56 bits per heavy atom. The van der Waals surface area contributed by atoms with Crippen molar-refractivity contribution in [3.8, 4) is 0 Å². The van der Waals surface area contributed by atoms with Crippen molar-refractivity contribution in [1.82, 2.24) is 0 Å². The van der Waals surface area contributed by atoms with E-state index in [1.165, 1.54) is 37.9 Å². The number of hydrogen-bond donors (Lipinski definition) is 0. The first-order valence-electron chi connectivity index (χ1n) is 6.45. The van der Waals surface area contributed by atoms with E-state index >= 15 is 0 Å². The first kappa shape index (κ1) is 9.90. The van der Waals surface area contributed by atoms with Gasteiger partial charge in [0.1, 0.15) is 0 Å². The highest BCUT2D eigenvalue weighted by molar-refractivity contribution is 5.93. The molecule has 0 fully saturated rings. The van der Waals surface area contributed by atoms with Crippen molar-refractivity contribution in [2.24, 2.45) is 0 Å². The number of fused-ring (bicyclic) bond motifs is 6. The first-order chi connectivity index (χ1) is 8.84. The van der Waals surface area contributed by atoms with Crippen molar-refractivity contribution in [2.45, 2.75) is 13.3 Å². The maximum Gasteiger partial charge on any atom is -0.00820 e. The summed E-state index contributed by atoms with van der Waals surface area (Å²) in [7, 11) is 0. The molecule has 4 rings (SSSR count). The van der Waals surface area contributed by atoms with E-state index in [0.29, 0.717) is 0 Å². The van der Waals surface area contributed by atoms with Gasteiger partial charge in [0.05, 0.1) is 0 Å². The quantitative estimate of drug-likeness (QED) is 0.653. The third kappa shape index (κ3) is 1.20. The van der Waals surface area contributed by atoms with Gasteiger partial charge in [-0.25, -0.2) is 0 Å². The molecular weight excluding hydrogens is 216 g/mol. The Hall–Kier alpha value is -2.08. The van der Waals surface area contributed by atoms with Gasteiger partial charge in [0.25, 0.3) is 0 Å². The summed E-state index contributed by atoms with van der Waals surface area (Å²) in [4.78, 5) is 0. The molecule has 86 valence electrons. The molecule has 0 bridgehead atoms. The normalized spacial score (nSPS) is 15.7. The molecule has 0 amide bonds. The standard InChI is InChI=1S/C18H14/c1-12-10-17-15-8-4-2-6-13(15)14-7-3-5-9-16(14)18(17)11-12/h2-8,10-11H,9H2,1H3. The lowest BCUT2D eigenvalue weighted by Crippen LogP contribution is -2.21. The van der Waals surface area contributed by atoms with Crippen LogP contribution in [-0.2, 0) is 6.42 Å². The minimum absolute atomic E-state index is 1.05. The van der Waals surface area contributed by atoms with Crippen LogP contribution in [0.3, 0.4) is 0 Å². The summed E-state index contributed by atoms with van der Waals surface area (Å²) < 4.78 is 0. The third-order valence-corrected chi connectivity index (χ3v) is 3.91. The molecule has 0 N–H and O–H groups in total. The molecule has 0 saturated heterocycles. The second-order valence-corrected chi connectivity index (χ2v) is 5.10. The Kier molecular flexibility index (Phi) is 1.90. The zero-order valence-electron chi connectivity index (χ0n) is 10.4. The van der Waals surface area contributed by atoms with Gasteiger partial charge in [-0.15, -0.1) is 0 Å². The smallest absolute Gasteiger partial charge is 0.00820 e. The number of benzene rings is 2. The van der Waals surface area contributed by atoms with Gasteiger partial charge in [-0.1, -0.05) is 54.6 Å². The summed E-state index contributed by atoms with van der Waals surface area (Å²) in [5.74, 6) is 0. The minimum Gasteiger partial charge on any atom is -0.0801 e. The zero-order valence-corrected chi connectivity index (χ0v) is 10.4. The average molecular weight is 230 g/mol. The van der Waals surface area contributed by atoms with Crippen molar-refractivity contribution in [3.05, 3.63) is 63.6 Å². The lowest BCUT2D eigenvalue weighted by atomic mass is 9.92. The van der Waals surface area contributed by atoms with E-state index in [-0.39, 0.29) is 0 Å². The summed E-state index contributed by atoms with van der Waals surface area (Å²) in [6, 6.07) is 8.75. The molecule has 2 aliphatic carbocycles. The van der Waals surface area contributed by atoms with Crippen molar-refractivity contribution in [2.75, 3.05) is 0 Å². The third-order valence-electron chi connectivity index (χ3n) is 3.91. The molecule has 0 aromatic heterocycles. The van der Waals surface area contributed by atoms with Crippen LogP contribution in [0, 0.1) is 0 Å². The number of allylic oxidation sites excluding steroid dienone is 3. The van der Waals surface area contributed by atoms with E-state index in [1.807, 2.05) is 0 Å². The fraction of sp³-hybridized carbons (Fsp3) is 0.111. The highest BCUT2D eigenvalue weighted by Crippen LogP contribution is 2.20. The molecule has 0 nitrogen and oxygen atoms in total. The fourth-order valence-electron chi connectivity index (χ4n) is 3.15. The van der Waals surface area contributed by atoms with Gasteiger partial charge in [-0.3, -0.25) is 0 Å². The van der Waals surface area contributed by atoms with Crippen molar-refractivity contribution in [3.63, 3.8) is 0 Å². The second-order valence-electron chi connectivity index (χ2n) is 5.10. The Balaban J connectivity index is 2.34. The van der Waals surface area contributed by atoms with Gasteiger partial charge in [-0.2, -0.15) is 0 Å². The Morgan fingerprint density at radius 2 is 1.72 bits per heavy atom. The highest BCUT2D eigenvalue weighted by atomic mass is 14.2. The van der Waals surface area contributed by atoms with Gasteiger partial charge in [0, 0.05) is 0 Å². The van der Waals surface area contributed by atoms with Crippen LogP contribution in [0.2, 0.25) is 0 Å². The van der Waals surface area contributed by atoms with E-state index in [0.717, 1.165) is 6.42 Å². The second kappa shape index (κ2) is 3.46. The van der Waals surface area contributed by atoms with Crippen LogP contribution >= 0.6 is 0 Å². The van der Waals surface area contributed by atoms with Crippen LogP contribution in [0.25, 0.3) is 29.0 Å². The number of hydrogen-bond acceptors (Lipinski definition) is 0. The van der Waals surface area contributed by atoms with E-state index in [2.05, 4.69) is 61.6 Å². The molecule has 0 heteroatoms. The van der Waals surface area contributed by atoms with E-state index < -0.39 is 0 Å². The molecule has 2 aliphatic rings.